The molecule has 2 aromatic carbocycles. The molecule has 2 fully saturated rings. The van der Waals surface area contributed by atoms with Crippen LogP contribution >= 0.6 is 0 Å². The lowest BCUT2D eigenvalue weighted by Crippen LogP contribution is -2.31. The number of esters is 2. The Labute approximate surface area is 312 Å². The normalized spacial score (nSPS) is 20.0. The summed E-state index contributed by atoms with van der Waals surface area (Å²) < 4.78 is 36.3. The fourth-order valence-corrected chi connectivity index (χ4v) is 7.12. The van der Waals surface area contributed by atoms with E-state index in [0.717, 1.165) is 108 Å². The van der Waals surface area contributed by atoms with Crippen molar-refractivity contribution in [1.29, 1.82) is 0 Å². The Bertz CT molecular complexity index is 1300. The summed E-state index contributed by atoms with van der Waals surface area (Å²) in [5, 5.41) is 0. The molecule has 8 heteroatoms. The fourth-order valence-electron chi connectivity index (χ4n) is 7.12. The SMILES string of the molecule is C=CC(=O)OCCCC(CCCCCCC)Oc1ccc(C(=O)OC2CCC(c3ccccc3OC(CCCCC)OC3CCCCO3)CC2)cc1. The van der Waals surface area contributed by atoms with E-state index in [1.807, 2.05) is 18.2 Å². The summed E-state index contributed by atoms with van der Waals surface area (Å²) in [6.45, 7) is 8.97. The average Bonchev–Trinajstić information content (AvgIpc) is 3.17. The second kappa shape index (κ2) is 24.1. The zero-order chi connectivity index (χ0) is 36.8. The summed E-state index contributed by atoms with van der Waals surface area (Å²) in [5.74, 6) is 1.24. The standard InChI is InChI=1S/C44H64O8/c1-4-7-9-10-12-18-36(19-17-33-47-41(45)6-3)49-37-30-26-35(27-31-37)44(46)50-38-28-24-34(25-29-38)39-20-13-14-21-40(39)51-43(23-11-8-5-2)52-42-22-15-16-32-48-42/h6,13-14,20-21,26-27,30-31,34,36,38,42-43H,3-5,7-12,15-19,22-25,28-29,32-33H2,1-2H3. The summed E-state index contributed by atoms with van der Waals surface area (Å²) >= 11 is 0. The molecule has 52 heavy (non-hydrogen) atoms. The van der Waals surface area contributed by atoms with Gasteiger partial charge in [-0.05, 0) is 119 Å². The maximum Gasteiger partial charge on any atom is 0.338 e. The topological polar surface area (TPSA) is 89.5 Å². The quantitative estimate of drug-likeness (QED) is 0.0458. The number of carbonyl (C=O) groups is 2. The van der Waals surface area contributed by atoms with Crippen LogP contribution in [0.1, 0.15) is 158 Å². The Balaban J connectivity index is 1.26. The molecular formula is C44H64O8. The average molecular weight is 721 g/mol. The van der Waals surface area contributed by atoms with Crippen LogP contribution in [0.15, 0.2) is 61.2 Å². The van der Waals surface area contributed by atoms with E-state index in [1.54, 1.807) is 12.1 Å². The number of ether oxygens (including phenoxy) is 6. The molecule has 0 amide bonds. The predicted octanol–water partition coefficient (Wildman–Crippen LogP) is 11.0. The molecule has 0 aromatic heterocycles. The van der Waals surface area contributed by atoms with Gasteiger partial charge in [0.2, 0.25) is 6.29 Å². The van der Waals surface area contributed by atoms with Crippen molar-refractivity contribution in [3.8, 4) is 11.5 Å². The van der Waals surface area contributed by atoms with Crippen molar-refractivity contribution in [1.82, 2.24) is 0 Å². The second-order valence-electron chi connectivity index (χ2n) is 14.4. The third kappa shape index (κ3) is 14.9. The number of rotatable bonds is 24. The highest BCUT2D eigenvalue weighted by molar-refractivity contribution is 5.89. The molecule has 0 spiro atoms. The number of hydrogen-bond donors (Lipinski definition) is 0. The van der Waals surface area contributed by atoms with Gasteiger partial charge in [0.15, 0.2) is 6.29 Å². The van der Waals surface area contributed by atoms with Crippen molar-refractivity contribution in [2.45, 2.75) is 167 Å². The zero-order valence-electron chi connectivity index (χ0n) is 31.9. The molecule has 3 unspecified atom stereocenters. The number of benzene rings is 2. The van der Waals surface area contributed by atoms with E-state index in [0.29, 0.717) is 24.5 Å². The van der Waals surface area contributed by atoms with E-state index in [-0.39, 0.29) is 30.8 Å². The first kappa shape index (κ1) is 41.4. The minimum absolute atomic E-state index is 0.0120. The van der Waals surface area contributed by atoms with Gasteiger partial charge in [-0.3, -0.25) is 0 Å². The van der Waals surface area contributed by atoms with E-state index in [1.165, 1.54) is 37.3 Å². The molecule has 0 radical (unpaired) electrons. The van der Waals surface area contributed by atoms with Gasteiger partial charge in [-0.2, -0.15) is 0 Å². The van der Waals surface area contributed by atoms with Crippen molar-refractivity contribution < 1.29 is 38.0 Å². The van der Waals surface area contributed by atoms with Crippen LogP contribution in [0.2, 0.25) is 0 Å². The van der Waals surface area contributed by atoms with Gasteiger partial charge in [0, 0.05) is 19.1 Å². The van der Waals surface area contributed by atoms with Gasteiger partial charge in [0.05, 0.1) is 18.3 Å². The van der Waals surface area contributed by atoms with Crippen LogP contribution in [0, 0.1) is 0 Å². The molecule has 1 aliphatic carbocycles. The number of hydrogen-bond acceptors (Lipinski definition) is 8. The maximum absolute atomic E-state index is 13.2. The van der Waals surface area contributed by atoms with E-state index in [4.69, 9.17) is 28.4 Å². The van der Waals surface area contributed by atoms with E-state index < -0.39 is 5.97 Å². The summed E-state index contributed by atoms with van der Waals surface area (Å²) in [4.78, 5) is 24.6. The van der Waals surface area contributed by atoms with Crippen molar-refractivity contribution in [3.05, 3.63) is 72.3 Å². The Morgan fingerprint density at radius 3 is 2.25 bits per heavy atom. The zero-order valence-corrected chi connectivity index (χ0v) is 31.9. The molecule has 4 rings (SSSR count). The smallest absolute Gasteiger partial charge is 0.338 e. The maximum atomic E-state index is 13.2. The largest absolute Gasteiger partial charge is 0.490 e. The van der Waals surface area contributed by atoms with Crippen LogP contribution in [0.5, 0.6) is 11.5 Å². The van der Waals surface area contributed by atoms with Crippen LogP contribution in [0.25, 0.3) is 0 Å². The monoisotopic (exact) mass is 720 g/mol. The molecule has 0 bridgehead atoms. The predicted molar refractivity (Wildman–Crippen MR) is 205 cm³/mol. The lowest BCUT2D eigenvalue weighted by Gasteiger charge is -2.31. The molecule has 0 N–H and O–H groups in total. The highest BCUT2D eigenvalue weighted by atomic mass is 16.8. The number of unbranched alkanes of at least 4 members (excludes halogenated alkanes) is 6. The third-order valence-corrected chi connectivity index (χ3v) is 10.2. The van der Waals surface area contributed by atoms with Gasteiger partial charge < -0.3 is 28.4 Å². The van der Waals surface area contributed by atoms with Crippen molar-refractivity contribution in [2.75, 3.05) is 13.2 Å². The summed E-state index contributed by atoms with van der Waals surface area (Å²) in [7, 11) is 0. The summed E-state index contributed by atoms with van der Waals surface area (Å²) in [5.41, 5.74) is 1.73. The first-order valence-electron chi connectivity index (χ1n) is 20.3. The Morgan fingerprint density at radius 1 is 0.808 bits per heavy atom. The van der Waals surface area contributed by atoms with Crippen LogP contribution in [-0.2, 0) is 23.7 Å². The number of carbonyl (C=O) groups excluding carboxylic acids is 2. The highest BCUT2D eigenvalue weighted by Crippen LogP contribution is 2.39. The lowest BCUT2D eigenvalue weighted by atomic mass is 9.82. The first-order valence-corrected chi connectivity index (χ1v) is 20.3. The highest BCUT2D eigenvalue weighted by Gasteiger charge is 2.28. The van der Waals surface area contributed by atoms with Crippen LogP contribution in [0.3, 0.4) is 0 Å². The Morgan fingerprint density at radius 2 is 1.52 bits per heavy atom. The van der Waals surface area contributed by atoms with E-state index in [2.05, 4.69) is 38.6 Å². The molecule has 3 atom stereocenters. The van der Waals surface area contributed by atoms with Gasteiger partial charge >= 0.3 is 11.9 Å². The van der Waals surface area contributed by atoms with Crippen molar-refractivity contribution in [2.24, 2.45) is 0 Å². The van der Waals surface area contributed by atoms with Gasteiger partial charge in [0.25, 0.3) is 0 Å². The minimum Gasteiger partial charge on any atom is -0.490 e. The van der Waals surface area contributed by atoms with Crippen molar-refractivity contribution in [3.63, 3.8) is 0 Å². The summed E-state index contributed by atoms with van der Waals surface area (Å²) in [6, 6.07) is 15.6. The number of para-hydroxylation sites is 1. The molecule has 8 nitrogen and oxygen atoms in total. The van der Waals surface area contributed by atoms with Crippen LogP contribution in [-0.4, -0.2) is 49.9 Å². The molecule has 288 valence electrons. The molecule has 1 saturated heterocycles. The first-order chi connectivity index (χ1) is 25.5. The summed E-state index contributed by atoms with van der Waals surface area (Å²) in [6.07, 6.45) is 19.7. The van der Waals surface area contributed by atoms with Crippen molar-refractivity contribution >= 4 is 11.9 Å². The second-order valence-corrected chi connectivity index (χ2v) is 14.4. The molecule has 1 aliphatic heterocycles. The van der Waals surface area contributed by atoms with E-state index in [9.17, 15) is 9.59 Å². The Hall–Kier alpha value is -3.36. The van der Waals surface area contributed by atoms with Gasteiger partial charge in [-0.1, -0.05) is 77.2 Å². The van der Waals surface area contributed by atoms with Crippen LogP contribution in [0.4, 0.5) is 0 Å². The fraction of sp³-hybridized carbons (Fsp3) is 0.636. The lowest BCUT2D eigenvalue weighted by molar-refractivity contribution is -0.233. The van der Waals surface area contributed by atoms with Gasteiger partial charge in [-0.25, -0.2) is 9.59 Å². The van der Waals surface area contributed by atoms with Crippen LogP contribution < -0.4 is 9.47 Å². The van der Waals surface area contributed by atoms with E-state index >= 15 is 0 Å². The third-order valence-electron chi connectivity index (χ3n) is 10.2. The molecule has 2 aliphatic rings. The molecular weight excluding hydrogens is 656 g/mol. The molecule has 2 aromatic rings. The molecule has 1 saturated carbocycles. The van der Waals surface area contributed by atoms with Gasteiger partial charge in [-0.15, -0.1) is 0 Å². The van der Waals surface area contributed by atoms with Gasteiger partial charge in [0.1, 0.15) is 17.6 Å². The molecule has 1 heterocycles. The minimum atomic E-state index is -0.402. The Kier molecular flexibility index (Phi) is 19.1.